The van der Waals surface area contributed by atoms with Crippen LogP contribution in [0.4, 0.5) is 0 Å². The van der Waals surface area contributed by atoms with Gasteiger partial charge in [0.2, 0.25) is 17.7 Å². The first-order chi connectivity index (χ1) is 16.4. The number of piperazine rings is 1. The molecule has 1 aromatic heterocycles. The summed E-state index contributed by atoms with van der Waals surface area (Å²) in [5.74, 6) is -2.82. The number of nitrogens with one attached hydrogen (secondary N) is 3. The molecule has 3 atom stereocenters. The lowest BCUT2D eigenvalue weighted by Gasteiger charge is -2.29. The number of benzene rings is 2. The van der Waals surface area contributed by atoms with Gasteiger partial charge in [0.25, 0.3) is 0 Å². The van der Waals surface area contributed by atoms with Crippen LogP contribution >= 0.6 is 0 Å². The highest BCUT2D eigenvalue weighted by molar-refractivity contribution is 5.99. The van der Waals surface area contributed by atoms with E-state index in [1.54, 1.807) is 18.2 Å². The summed E-state index contributed by atoms with van der Waals surface area (Å²) in [7, 11) is 0. The van der Waals surface area contributed by atoms with E-state index in [1.807, 2.05) is 36.4 Å². The smallest absolute Gasteiger partial charge is 0.326 e. The van der Waals surface area contributed by atoms with Crippen molar-refractivity contribution in [2.45, 2.75) is 37.4 Å². The third kappa shape index (κ3) is 5.52. The van der Waals surface area contributed by atoms with Gasteiger partial charge in [0.1, 0.15) is 18.1 Å². The second-order valence-electron chi connectivity index (χ2n) is 8.03. The molecule has 0 aliphatic carbocycles. The number of fused-ring (bicyclic) bond motifs is 1. The maximum absolute atomic E-state index is 12.5. The van der Waals surface area contributed by atoms with Crippen LogP contribution in [0.3, 0.4) is 0 Å². The first-order valence-electron chi connectivity index (χ1n) is 10.8. The lowest BCUT2D eigenvalue weighted by Crippen LogP contribution is -2.63. The van der Waals surface area contributed by atoms with E-state index in [1.165, 1.54) is 6.20 Å². The van der Waals surface area contributed by atoms with Crippen LogP contribution in [0.25, 0.3) is 11.0 Å². The monoisotopic (exact) mass is 461 g/mol. The van der Waals surface area contributed by atoms with E-state index in [4.69, 9.17) is 0 Å². The second-order valence-corrected chi connectivity index (χ2v) is 8.03. The van der Waals surface area contributed by atoms with Gasteiger partial charge >= 0.3 is 5.97 Å². The molecular formula is C24H23N5O5. The van der Waals surface area contributed by atoms with Gasteiger partial charge in [0.15, 0.2) is 0 Å². The Morgan fingerprint density at radius 2 is 1.59 bits per heavy atom. The summed E-state index contributed by atoms with van der Waals surface area (Å²) in [5, 5.41) is 17.2. The van der Waals surface area contributed by atoms with E-state index < -0.39 is 41.8 Å². The Balaban J connectivity index is 1.35. The first-order valence-corrected chi connectivity index (χ1v) is 10.8. The number of hydrogen-bond donors (Lipinski definition) is 4. The number of aromatic nitrogens is 2. The summed E-state index contributed by atoms with van der Waals surface area (Å²) in [4.78, 5) is 57.8. The minimum absolute atomic E-state index is 0.0821. The van der Waals surface area contributed by atoms with Crippen LogP contribution in [0.5, 0.6) is 0 Å². The molecule has 174 valence electrons. The van der Waals surface area contributed by atoms with E-state index in [0.717, 1.165) is 5.56 Å². The highest BCUT2D eigenvalue weighted by atomic mass is 16.4. The maximum atomic E-state index is 12.5. The molecule has 10 nitrogen and oxygen atoms in total. The Bertz CT molecular complexity index is 1230. The molecule has 1 fully saturated rings. The maximum Gasteiger partial charge on any atom is 0.326 e. The minimum Gasteiger partial charge on any atom is -0.480 e. The fourth-order valence-electron chi connectivity index (χ4n) is 3.75. The van der Waals surface area contributed by atoms with Gasteiger partial charge in [-0.1, -0.05) is 42.5 Å². The Morgan fingerprint density at radius 1 is 0.941 bits per heavy atom. The Hall–Kier alpha value is -4.34. The molecule has 1 aliphatic rings. The number of carboxylic acid groups (broad SMARTS) is 1. The second kappa shape index (κ2) is 10.1. The highest BCUT2D eigenvalue weighted by Gasteiger charge is 2.35. The van der Waals surface area contributed by atoms with Crippen molar-refractivity contribution in [3.63, 3.8) is 0 Å². The van der Waals surface area contributed by atoms with Gasteiger partial charge in [-0.25, -0.2) is 9.78 Å². The molecule has 0 radical (unpaired) electrons. The largest absolute Gasteiger partial charge is 0.480 e. The third-order valence-corrected chi connectivity index (χ3v) is 5.48. The van der Waals surface area contributed by atoms with Crippen molar-refractivity contribution in [2.24, 2.45) is 0 Å². The number of rotatable bonds is 8. The van der Waals surface area contributed by atoms with Crippen molar-refractivity contribution < 1.29 is 24.3 Å². The topological polar surface area (TPSA) is 150 Å². The summed E-state index contributed by atoms with van der Waals surface area (Å²) in [5.41, 5.74) is 2.58. The normalized spacial score (nSPS) is 18.6. The van der Waals surface area contributed by atoms with Gasteiger partial charge in [-0.2, -0.15) is 0 Å². The zero-order valence-electron chi connectivity index (χ0n) is 18.1. The quantitative estimate of drug-likeness (QED) is 0.378. The predicted molar refractivity (Wildman–Crippen MR) is 121 cm³/mol. The van der Waals surface area contributed by atoms with Crippen LogP contribution in [0.15, 0.2) is 60.8 Å². The molecule has 0 bridgehead atoms. The molecule has 0 saturated carbocycles. The zero-order chi connectivity index (χ0) is 24.1. The summed E-state index contributed by atoms with van der Waals surface area (Å²) in [6.45, 7) is 0. The first kappa shape index (κ1) is 22.8. The molecule has 2 heterocycles. The Morgan fingerprint density at radius 3 is 2.32 bits per heavy atom. The predicted octanol–water partition coefficient (Wildman–Crippen LogP) is 0.358. The van der Waals surface area contributed by atoms with Gasteiger partial charge in [-0.05, 0) is 17.7 Å². The van der Waals surface area contributed by atoms with Crippen LogP contribution in [-0.2, 0) is 32.0 Å². The van der Waals surface area contributed by atoms with Crippen molar-refractivity contribution in [3.8, 4) is 0 Å². The molecule has 1 saturated heterocycles. The summed E-state index contributed by atoms with van der Waals surface area (Å²) in [6.07, 6.45) is 1.32. The molecule has 4 rings (SSSR count). The molecule has 0 spiro atoms. The van der Waals surface area contributed by atoms with Gasteiger partial charge in [-0.3, -0.25) is 19.4 Å². The van der Waals surface area contributed by atoms with Crippen LogP contribution in [-0.4, -0.2) is 56.9 Å². The molecular weight excluding hydrogens is 438 g/mol. The fraction of sp³-hybridized carbons (Fsp3) is 0.250. The van der Waals surface area contributed by atoms with Crippen molar-refractivity contribution in [1.82, 2.24) is 25.9 Å². The van der Waals surface area contributed by atoms with Crippen molar-refractivity contribution in [2.75, 3.05) is 0 Å². The van der Waals surface area contributed by atoms with Crippen LogP contribution in [0.1, 0.15) is 17.7 Å². The molecule has 4 N–H and O–H groups in total. The molecule has 0 unspecified atom stereocenters. The van der Waals surface area contributed by atoms with E-state index in [-0.39, 0.29) is 12.8 Å². The summed E-state index contributed by atoms with van der Waals surface area (Å²) in [6, 6.07) is 13.3. The van der Waals surface area contributed by atoms with Crippen molar-refractivity contribution in [3.05, 3.63) is 72.1 Å². The number of nitrogens with zero attached hydrogens (tertiary/aromatic N) is 2. The third-order valence-electron chi connectivity index (χ3n) is 5.48. The van der Waals surface area contributed by atoms with E-state index in [0.29, 0.717) is 23.1 Å². The number of aliphatic carboxylic acids is 1. The Kier molecular flexibility index (Phi) is 6.77. The van der Waals surface area contributed by atoms with Gasteiger partial charge in [0, 0.05) is 19.0 Å². The molecule has 3 amide bonds. The minimum atomic E-state index is -1.27. The van der Waals surface area contributed by atoms with E-state index in [9.17, 15) is 24.3 Å². The van der Waals surface area contributed by atoms with E-state index >= 15 is 0 Å². The Labute approximate surface area is 194 Å². The fourth-order valence-corrected chi connectivity index (χ4v) is 3.75. The number of carbonyl (C=O) groups is 4. The van der Waals surface area contributed by atoms with Crippen molar-refractivity contribution >= 4 is 34.7 Å². The van der Waals surface area contributed by atoms with Crippen LogP contribution in [0.2, 0.25) is 0 Å². The molecule has 34 heavy (non-hydrogen) atoms. The lowest BCUT2D eigenvalue weighted by molar-refractivity contribution is -0.142. The summed E-state index contributed by atoms with van der Waals surface area (Å²) < 4.78 is 0. The van der Waals surface area contributed by atoms with Crippen LogP contribution in [0, 0.1) is 0 Å². The lowest BCUT2D eigenvalue weighted by atomic mass is 10.0. The zero-order valence-corrected chi connectivity index (χ0v) is 18.1. The number of para-hydroxylation sites is 2. The van der Waals surface area contributed by atoms with Crippen LogP contribution < -0.4 is 16.0 Å². The molecule has 10 heteroatoms. The van der Waals surface area contributed by atoms with Crippen molar-refractivity contribution in [1.29, 1.82) is 0 Å². The number of hydrogen-bond acceptors (Lipinski definition) is 6. The average molecular weight is 461 g/mol. The van der Waals surface area contributed by atoms with Gasteiger partial charge < -0.3 is 21.1 Å². The average Bonchev–Trinajstić information content (AvgIpc) is 2.82. The summed E-state index contributed by atoms with van der Waals surface area (Å²) >= 11 is 0. The highest BCUT2D eigenvalue weighted by Crippen LogP contribution is 2.11. The number of carbonyl (C=O) groups excluding carboxylic acids is 3. The molecule has 1 aliphatic heterocycles. The van der Waals surface area contributed by atoms with Gasteiger partial charge in [-0.15, -0.1) is 0 Å². The van der Waals surface area contributed by atoms with E-state index in [2.05, 4.69) is 25.9 Å². The number of carboxylic acids is 1. The SMILES string of the molecule is O=C(C[C@@H]1NC(=O)[C@H](Cc2ccccc2)NC1=O)N[C@H](Cc1cnc2ccccc2n1)C(=O)O. The number of amides is 3. The standard InChI is InChI=1S/C24H23N5O5/c30-21(12-19-23(32)28-18(22(31)29-19)10-14-6-2-1-3-7-14)27-20(24(33)34)11-15-13-25-16-8-4-5-9-17(16)26-15/h1-9,13,18-20H,10-12H2,(H,27,30)(H,28,32)(H,29,31)(H,33,34)/t18-,19-,20+/m0/s1. The van der Waals surface area contributed by atoms with Gasteiger partial charge in [0.05, 0.1) is 23.1 Å². The molecule has 3 aromatic rings. The molecule has 2 aromatic carbocycles.